The Morgan fingerprint density at radius 1 is 1.17 bits per heavy atom. The smallest absolute Gasteiger partial charge is 0.416 e. The summed E-state index contributed by atoms with van der Waals surface area (Å²) in [7, 11) is 0. The molecule has 0 saturated carbocycles. The Morgan fingerprint density at radius 2 is 1.94 bits per heavy atom. The number of hydrogen-bond donors (Lipinski definition) is 2. The van der Waals surface area contributed by atoms with Crippen molar-refractivity contribution in [2.24, 2.45) is 0 Å². The first-order valence-corrected chi connectivity index (χ1v) is 11.0. The lowest BCUT2D eigenvalue weighted by Gasteiger charge is -2.17. The average molecular weight is 492 g/mol. The van der Waals surface area contributed by atoms with Crippen LogP contribution in [0.5, 0.6) is 6.01 Å². The summed E-state index contributed by atoms with van der Waals surface area (Å²) >= 11 is 0. The highest BCUT2D eigenvalue weighted by molar-refractivity contribution is 5.90. The van der Waals surface area contributed by atoms with Gasteiger partial charge in [0.15, 0.2) is 0 Å². The topological polar surface area (TPSA) is 127 Å². The lowest BCUT2D eigenvalue weighted by Crippen LogP contribution is -2.19. The minimum atomic E-state index is -4.70. The Hall–Kier alpha value is -3.74. The van der Waals surface area contributed by atoms with Gasteiger partial charge in [-0.15, -0.1) is 0 Å². The summed E-state index contributed by atoms with van der Waals surface area (Å²) in [6.45, 7) is 1.66. The van der Waals surface area contributed by atoms with Crippen LogP contribution >= 0.6 is 0 Å². The van der Waals surface area contributed by atoms with Crippen molar-refractivity contribution in [3.05, 3.63) is 51.7 Å². The van der Waals surface area contributed by atoms with E-state index in [1.807, 2.05) is 6.07 Å². The van der Waals surface area contributed by atoms with Crippen LogP contribution in [0.4, 0.5) is 30.5 Å². The van der Waals surface area contributed by atoms with Gasteiger partial charge in [0.25, 0.3) is 5.69 Å². The monoisotopic (exact) mass is 492 g/mol. The quantitative estimate of drug-likeness (QED) is 0.340. The summed E-state index contributed by atoms with van der Waals surface area (Å²) in [6.07, 6.45) is -0.892. The van der Waals surface area contributed by atoms with Gasteiger partial charge in [0.1, 0.15) is 18.2 Å². The second kappa shape index (κ2) is 10.3. The zero-order chi connectivity index (χ0) is 25.0. The third kappa shape index (κ3) is 5.85. The van der Waals surface area contributed by atoms with Crippen LogP contribution in [0.1, 0.15) is 24.0 Å². The van der Waals surface area contributed by atoms with Crippen LogP contribution in [0, 0.1) is 10.1 Å². The zero-order valence-electron chi connectivity index (χ0n) is 18.6. The van der Waals surface area contributed by atoms with Gasteiger partial charge in [-0.2, -0.15) is 23.1 Å². The number of halogens is 3. The van der Waals surface area contributed by atoms with E-state index in [0.717, 1.165) is 43.9 Å². The summed E-state index contributed by atoms with van der Waals surface area (Å²) < 4.78 is 44.9. The summed E-state index contributed by atoms with van der Waals surface area (Å²) in [5.41, 5.74) is -1.04. The molecule has 0 atom stereocenters. The normalized spacial score (nSPS) is 13.9. The van der Waals surface area contributed by atoms with Gasteiger partial charge in [-0.05, 0) is 37.0 Å². The van der Waals surface area contributed by atoms with Crippen LogP contribution in [-0.2, 0) is 12.6 Å². The molecule has 35 heavy (non-hydrogen) atoms. The molecule has 1 fully saturated rings. The second-order valence-electron chi connectivity index (χ2n) is 8.00. The van der Waals surface area contributed by atoms with Crippen LogP contribution in [0.2, 0.25) is 0 Å². The highest BCUT2D eigenvalue weighted by Crippen LogP contribution is 2.33. The van der Waals surface area contributed by atoms with E-state index in [1.54, 1.807) is 6.20 Å². The van der Waals surface area contributed by atoms with Crippen molar-refractivity contribution >= 4 is 28.2 Å². The van der Waals surface area contributed by atoms with Gasteiger partial charge in [0.2, 0.25) is 0 Å². The molecule has 1 aliphatic rings. The molecule has 0 amide bonds. The number of nitrogens with zero attached hydrogens (tertiary/aromatic N) is 5. The van der Waals surface area contributed by atoms with E-state index in [1.165, 1.54) is 0 Å². The largest absolute Gasteiger partial charge is 0.461 e. The first-order chi connectivity index (χ1) is 16.7. The Morgan fingerprint density at radius 3 is 2.63 bits per heavy atom. The maximum atomic E-state index is 13.2. The fourth-order valence-electron chi connectivity index (χ4n) is 3.87. The fraction of sp³-hybridized carbons (Fsp3) is 0.409. The molecule has 0 spiro atoms. The minimum absolute atomic E-state index is 0.0134. The van der Waals surface area contributed by atoms with Gasteiger partial charge in [-0.3, -0.25) is 10.1 Å². The van der Waals surface area contributed by atoms with Crippen molar-refractivity contribution in [1.82, 2.24) is 15.0 Å². The molecule has 0 unspecified atom stereocenters. The zero-order valence-corrected chi connectivity index (χ0v) is 18.6. The van der Waals surface area contributed by atoms with Gasteiger partial charge in [0, 0.05) is 37.2 Å². The van der Waals surface area contributed by atoms with Gasteiger partial charge >= 0.3 is 12.2 Å². The number of aromatic nitrogens is 3. The van der Waals surface area contributed by atoms with Crippen molar-refractivity contribution in [2.75, 3.05) is 43.1 Å². The van der Waals surface area contributed by atoms with Crippen LogP contribution < -0.4 is 15.0 Å². The number of fused-ring (bicyclic) bond motifs is 1. The Balaban J connectivity index is 1.60. The molecule has 10 nitrogen and oxygen atoms in total. The third-order valence-electron chi connectivity index (χ3n) is 5.52. The third-order valence-corrected chi connectivity index (χ3v) is 5.52. The van der Waals surface area contributed by atoms with E-state index >= 15 is 0 Å². The predicted molar refractivity (Wildman–Crippen MR) is 122 cm³/mol. The second-order valence-corrected chi connectivity index (χ2v) is 8.00. The average Bonchev–Trinajstić information content (AvgIpc) is 3.37. The van der Waals surface area contributed by atoms with Gasteiger partial charge in [-0.1, -0.05) is 0 Å². The summed E-state index contributed by atoms with van der Waals surface area (Å²) in [5, 5.41) is 23.9. The molecule has 3 heterocycles. The molecule has 0 bridgehead atoms. The molecule has 0 radical (unpaired) electrons. The maximum Gasteiger partial charge on any atom is 0.416 e. The van der Waals surface area contributed by atoms with E-state index in [0.29, 0.717) is 22.8 Å². The minimum Gasteiger partial charge on any atom is -0.461 e. The van der Waals surface area contributed by atoms with Gasteiger partial charge < -0.3 is 20.1 Å². The Bertz CT molecular complexity index is 1220. The molecule has 1 aliphatic heterocycles. The molecule has 3 aromatic rings. The predicted octanol–water partition coefficient (Wildman–Crippen LogP) is 3.58. The van der Waals surface area contributed by atoms with E-state index in [9.17, 15) is 23.3 Å². The number of rotatable bonds is 9. The number of nitrogens with one attached hydrogen (secondary N) is 1. The number of aliphatic hydroxyl groups excluding tert-OH is 1. The number of hydrogen-bond acceptors (Lipinski definition) is 9. The molecule has 2 N–H and O–H groups in total. The molecular formula is C22H23F3N6O4. The van der Waals surface area contributed by atoms with E-state index in [4.69, 9.17) is 9.84 Å². The van der Waals surface area contributed by atoms with Gasteiger partial charge in [-0.25, -0.2) is 4.98 Å². The van der Waals surface area contributed by atoms with Crippen molar-refractivity contribution in [2.45, 2.75) is 25.4 Å². The molecule has 13 heteroatoms. The van der Waals surface area contributed by atoms with Crippen molar-refractivity contribution in [1.29, 1.82) is 0 Å². The number of pyridine rings is 1. The molecule has 4 rings (SSSR count). The number of benzene rings is 1. The first-order valence-electron chi connectivity index (χ1n) is 11.0. The highest BCUT2D eigenvalue weighted by Gasteiger charge is 2.32. The van der Waals surface area contributed by atoms with E-state index in [2.05, 4.69) is 25.2 Å². The fourth-order valence-corrected chi connectivity index (χ4v) is 3.87. The summed E-state index contributed by atoms with van der Waals surface area (Å²) in [5.74, 6) is 1.14. The summed E-state index contributed by atoms with van der Waals surface area (Å²) in [6, 6.07) is 4.40. The number of aliphatic hydroxyl groups is 1. The van der Waals surface area contributed by atoms with E-state index < -0.39 is 22.4 Å². The number of anilines is 2. The SMILES string of the molecule is O=[N+]([O-])c1cc(CCNc2nc(OCCO)nc3cnc(N4CCCC4)cc23)cc(C(F)(F)F)c1. The number of ether oxygens (including phenoxy) is 1. The summed E-state index contributed by atoms with van der Waals surface area (Å²) in [4.78, 5) is 25.5. The number of nitro groups is 1. The van der Waals surface area contributed by atoms with Crippen molar-refractivity contribution in [3.8, 4) is 6.01 Å². The van der Waals surface area contributed by atoms with Crippen molar-refractivity contribution in [3.63, 3.8) is 0 Å². The Labute approximate surface area is 197 Å². The van der Waals surface area contributed by atoms with Crippen molar-refractivity contribution < 1.29 is 27.9 Å². The lowest BCUT2D eigenvalue weighted by atomic mass is 10.1. The molecule has 1 saturated heterocycles. The molecule has 0 aliphatic carbocycles. The van der Waals surface area contributed by atoms with E-state index in [-0.39, 0.29) is 37.8 Å². The standard InChI is InChI=1S/C22H23F3N6O4/c23-22(24,25)15-9-14(10-16(11-15)31(33)34)3-4-26-20-17-12-19(30-5-1-2-6-30)27-13-18(17)28-21(29-20)35-8-7-32/h9-13,32H,1-8H2,(H,26,28,29). The highest BCUT2D eigenvalue weighted by atomic mass is 19.4. The maximum absolute atomic E-state index is 13.2. The lowest BCUT2D eigenvalue weighted by molar-refractivity contribution is -0.385. The molecule has 2 aromatic heterocycles. The van der Waals surface area contributed by atoms with Crippen LogP contribution in [-0.4, -0.2) is 57.8 Å². The Kier molecular flexibility index (Phi) is 7.15. The molecular weight excluding hydrogens is 469 g/mol. The molecule has 1 aromatic carbocycles. The van der Waals surface area contributed by atoms with Crippen LogP contribution in [0.25, 0.3) is 10.9 Å². The van der Waals surface area contributed by atoms with Gasteiger partial charge in [0.05, 0.1) is 28.8 Å². The number of non-ortho nitro benzene ring substituents is 1. The van der Waals surface area contributed by atoms with Crippen LogP contribution in [0.15, 0.2) is 30.5 Å². The number of alkyl halides is 3. The first kappa shape index (κ1) is 24.4. The molecule has 186 valence electrons. The number of nitro benzene ring substituents is 1. The van der Waals surface area contributed by atoms with Crippen LogP contribution in [0.3, 0.4) is 0 Å².